The molecule has 0 aromatic rings. The van der Waals surface area contributed by atoms with Crippen LogP contribution in [0.15, 0.2) is 36.5 Å². The zero-order chi connectivity index (χ0) is 63.5. The third-order valence-corrected chi connectivity index (χ3v) is 18.9. The second kappa shape index (κ2) is 77.5. The second-order valence-electron chi connectivity index (χ2n) is 27.7. The summed E-state index contributed by atoms with van der Waals surface area (Å²) < 4.78 is 5.51. The first-order valence-corrected chi connectivity index (χ1v) is 40.2. The topological polar surface area (TPSA) is 95.9 Å². The molecule has 0 aliphatic rings. The van der Waals surface area contributed by atoms with Gasteiger partial charge in [-0.3, -0.25) is 9.59 Å². The number of esters is 1. The fourth-order valence-corrected chi connectivity index (χ4v) is 12.8. The Morgan fingerprint density at radius 1 is 0.318 bits per heavy atom. The van der Waals surface area contributed by atoms with Crippen LogP contribution in [-0.2, 0) is 14.3 Å². The van der Waals surface area contributed by atoms with Gasteiger partial charge in [0.2, 0.25) is 5.91 Å². The van der Waals surface area contributed by atoms with Crippen molar-refractivity contribution in [1.82, 2.24) is 5.32 Å². The van der Waals surface area contributed by atoms with E-state index in [1.165, 1.54) is 366 Å². The van der Waals surface area contributed by atoms with Crippen LogP contribution in [0.1, 0.15) is 450 Å². The van der Waals surface area contributed by atoms with Crippen molar-refractivity contribution in [3.05, 3.63) is 36.5 Å². The molecule has 0 aromatic carbocycles. The number of amides is 1. The van der Waals surface area contributed by atoms with Gasteiger partial charge >= 0.3 is 5.97 Å². The summed E-state index contributed by atoms with van der Waals surface area (Å²) in [7, 11) is 0. The Bertz CT molecular complexity index is 1430. The molecule has 0 fully saturated rings. The number of allylic oxidation sites excluding steroid dienone is 6. The van der Waals surface area contributed by atoms with E-state index in [2.05, 4.69) is 55.6 Å². The van der Waals surface area contributed by atoms with Crippen LogP contribution in [-0.4, -0.2) is 47.4 Å². The smallest absolute Gasteiger partial charge is 0.305 e. The molecular weight excluding hydrogens is 1080 g/mol. The summed E-state index contributed by atoms with van der Waals surface area (Å²) in [5, 5.41) is 23.3. The molecule has 88 heavy (non-hydrogen) atoms. The van der Waals surface area contributed by atoms with Gasteiger partial charge in [-0.2, -0.15) is 0 Å². The van der Waals surface area contributed by atoms with E-state index >= 15 is 0 Å². The highest BCUT2D eigenvalue weighted by atomic mass is 16.5. The lowest BCUT2D eigenvalue weighted by atomic mass is 10.0. The monoisotopic (exact) mass is 1240 g/mol. The largest absolute Gasteiger partial charge is 0.466 e. The number of carbonyl (C=O) groups is 2. The molecule has 0 rings (SSSR count). The lowest BCUT2D eigenvalue weighted by Gasteiger charge is -2.22. The van der Waals surface area contributed by atoms with Gasteiger partial charge < -0.3 is 20.3 Å². The zero-order valence-electron chi connectivity index (χ0n) is 59.7. The third-order valence-electron chi connectivity index (χ3n) is 18.9. The van der Waals surface area contributed by atoms with E-state index in [0.29, 0.717) is 25.9 Å². The lowest BCUT2D eigenvalue weighted by Crippen LogP contribution is -2.45. The summed E-state index contributed by atoms with van der Waals surface area (Å²) in [5.74, 6) is -0.0109. The fraction of sp³-hybridized carbons (Fsp3) is 0.902. The van der Waals surface area contributed by atoms with Crippen LogP contribution < -0.4 is 5.32 Å². The number of rotatable bonds is 76. The van der Waals surface area contributed by atoms with Crippen LogP contribution in [0, 0.1) is 0 Å². The first-order chi connectivity index (χ1) is 43.5. The first kappa shape index (κ1) is 86.1. The average molecular weight is 1240 g/mol. The maximum absolute atomic E-state index is 12.5. The SMILES string of the molecule is CCCCCCCCC/C=C\CCCCCCCCCC(=O)OCCCCCCCCCCCCCCCCC/C=C\C/C=C\CCCCCCCCCCCCCCCCCCCC(=O)NC(CO)C(O)CCCCCCCCCCCCCCCC. The Labute approximate surface area is 551 Å². The van der Waals surface area contributed by atoms with Crippen LogP contribution in [0.4, 0.5) is 0 Å². The highest BCUT2D eigenvalue weighted by molar-refractivity contribution is 5.76. The molecule has 0 saturated carbocycles. The number of aliphatic hydroxyl groups excluding tert-OH is 2. The Hall–Kier alpha value is -1.92. The lowest BCUT2D eigenvalue weighted by molar-refractivity contribution is -0.143. The third kappa shape index (κ3) is 73.1. The van der Waals surface area contributed by atoms with Crippen molar-refractivity contribution in [2.75, 3.05) is 13.2 Å². The molecule has 6 heteroatoms. The predicted octanol–water partition coefficient (Wildman–Crippen LogP) is 26.6. The average Bonchev–Trinajstić information content (AvgIpc) is 3.58. The Kier molecular flexibility index (Phi) is 75.8. The standard InChI is InChI=1S/C82H157NO5/c1-3-5-7-9-11-13-15-17-19-20-45-48-52-56-60-64-68-72-76-82(87)88-77-73-69-65-61-57-53-49-46-43-41-39-37-35-33-31-29-27-25-23-21-22-24-26-28-30-32-34-36-38-40-42-44-47-51-55-59-63-67-71-75-81(86)83-79(78-84)80(85)74-70-66-62-58-54-50-18-16-14-12-10-8-6-4-2/h19-22,25,27,79-80,84-85H,3-18,23-24,26,28-78H2,1-2H3,(H,83,86)/b20-19-,22-21-,27-25-. The van der Waals surface area contributed by atoms with Crippen LogP contribution >= 0.6 is 0 Å². The fourth-order valence-electron chi connectivity index (χ4n) is 12.8. The van der Waals surface area contributed by atoms with Crippen molar-refractivity contribution >= 4 is 11.9 Å². The van der Waals surface area contributed by atoms with Crippen molar-refractivity contribution in [2.24, 2.45) is 0 Å². The molecule has 3 N–H and O–H groups in total. The predicted molar refractivity (Wildman–Crippen MR) is 389 cm³/mol. The molecule has 0 aliphatic heterocycles. The number of carbonyl (C=O) groups excluding carboxylic acids is 2. The normalized spacial score (nSPS) is 12.6. The molecule has 2 unspecified atom stereocenters. The van der Waals surface area contributed by atoms with Crippen molar-refractivity contribution in [1.29, 1.82) is 0 Å². The van der Waals surface area contributed by atoms with Gasteiger partial charge in [-0.05, 0) is 83.5 Å². The number of ether oxygens (including phenoxy) is 1. The number of aliphatic hydroxyl groups is 2. The van der Waals surface area contributed by atoms with E-state index in [1.54, 1.807) is 0 Å². The molecular formula is C82H157NO5. The summed E-state index contributed by atoms with van der Waals surface area (Å²) in [6.45, 7) is 4.99. The minimum Gasteiger partial charge on any atom is -0.466 e. The molecule has 0 aliphatic carbocycles. The molecule has 6 nitrogen and oxygen atoms in total. The van der Waals surface area contributed by atoms with Crippen LogP contribution in [0.3, 0.4) is 0 Å². The van der Waals surface area contributed by atoms with Gasteiger partial charge in [-0.15, -0.1) is 0 Å². The summed E-state index contributed by atoms with van der Waals surface area (Å²) in [6.07, 6.45) is 101. The van der Waals surface area contributed by atoms with E-state index in [4.69, 9.17) is 4.74 Å². The maximum Gasteiger partial charge on any atom is 0.305 e. The maximum atomic E-state index is 12.5. The number of nitrogens with one attached hydrogen (secondary N) is 1. The van der Waals surface area contributed by atoms with Crippen molar-refractivity contribution in [2.45, 2.75) is 463 Å². The minimum absolute atomic E-state index is 0.0181. The molecule has 0 spiro atoms. The van der Waals surface area contributed by atoms with Gasteiger partial charge in [-0.25, -0.2) is 0 Å². The highest BCUT2D eigenvalue weighted by Gasteiger charge is 2.20. The van der Waals surface area contributed by atoms with Crippen LogP contribution in [0.5, 0.6) is 0 Å². The van der Waals surface area contributed by atoms with E-state index in [0.717, 1.165) is 51.4 Å². The van der Waals surface area contributed by atoms with Crippen LogP contribution in [0.25, 0.3) is 0 Å². The Balaban J connectivity index is 3.33. The minimum atomic E-state index is -0.662. The van der Waals surface area contributed by atoms with Gasteiger partial charge in [0.25, 0.3) is 0 Å². The molecule has 1 amide bonds. The molecule has 0 heterocycles. The summed E-state index contributed by atoms with van der Waals surface area (Å²) >= 11 is 0. The summed E-state index contributed by atoms with van der Waals surface area (Å²) in [5.41, 5.74) is 0. The Morgan fingerprint density at radius 2 is 0.568 bits per heavy atom. The number of unbranched alkanes of at least 4 members (excludes halogenated alkanes) is 59. The molecule has 0 bridgehead atoms. The second-order valence-corrected chi connectivity index (χ2v) is 27.7. The van der Waals surface area contributed by atoms with Crippen molar-refractivity contribution in [3.8, 4) is 0 Å². The van der Waals surface area contributed by atoms with Gasteiger partial charge in [-0.1, -0.05) is 391 Å². The molecule has 0 radical (unpaired) electrons. The zero-order valence-corrected chi connectivity index (χ0v) is 59.7. The molecule has 520 valence electrons. The van der Waals surface area contributed by atoms with Gasteiger partial charge in [0.1, 0.15) is 0 Å². The summed E-state index contributed by atoms with van der Waals surface area (Å²) in [4.78, 5) is 24.6. The highest BCUT2D eigenvalue weighted by Crippen LogP contribution is 2.20. The van der Waals surface area contributed by atoms with E-state index < -0.39 is 12.1 Å². The van der Waals surface area contributed by atoms with E-state index in [1.807, 2.05) is 0 Å². The number of hydrogen-bond donors (Lipinski definition) is 3. The summed E-state index contributed by atoms with van der Waals surface area (Å²) in [6, 6.07) is -0.539. The van der Waals surface area contributed by atoms with E-state index in [9.17, 15) is 19.8 Å². The van der Waals surface area contributed by atoms with E-state index in [-0.39, 0.29) is 18.5 Å². The van der Waals surface area contributed by atoms with Gasteiger partial charge in [0, 0.05) is 12.8 Å². The molecule has 2 atom stereocenters. The first-order valence-electron chi connectivity index (χ1n) is 40.2. The van der Waals surface area contributed by atoms with Crippen LogP contribution in [0.2, 0.25) is 0 Å². The van der Waals surface area contributed by atoms with Gasteiger partial charge in [0.15, 0.2) is 0 Å². The molecule has 0 saturated heterocycles. The number of hydrogen-bond acceptors (Lipinski definition) is 5. The quantitative estimate of drug-likeness (QED) is 0.0320. The van der Waals surface area contributed by atoms with Gasteiger partial charge in [0.05, 0.1) is 25.4 Å². The molecule has 0 aromatic heterocycles. The Morgan fingerprint density at radius 3 is 0.875 bits per heavy atom. The van der Waals surface area contributed by atoms with Crippen molar-refractivity contribution < 1.29 is 24.5 Å². The van der Waals surface area contributed by atoms with Crippen molar-refractivity contribution in [3.63, 3.8) is 0 Å².